The molecule has 2 heterocycles. The molecule has 1 saturated heterocycles. The monoisotopic (exact) mass is 324 g/mol. The van der Waals surface area contributed by atoms with Crippen LogP contribution in [0.5, 0.6) is 0 Å². The first-order chi connectivity index (χ1) is 11.6. The summed E-state index contributed by atoms with van der Waals surface area (Å²) < 4.78 is 1.60. The van der Waals surface area contributed by atoms with Crippen molar-refractivity contribution in [3.63, 3.8) is 0 Å². The molecule has 1 unspecified atom stereocenters. The molecule has 4 nitrogen and oxygen atoms in total. The van der Waals surface area contributed by atoms with Gasteiger partial charge in [0.2, 0.25) is 5.91 Å². The Bertz CT molecular complexity index is 749. The van der Waals surface area contributed by atoms with Crippen molar-refractivity contribution in [2.24, 2.45) is 0 Å². The van der Waals surface area contributed by atoms with Gasteiger partial charge in [-0.1, -0.05) is 35.9 Å². The van der Waals surface area contributed by atoms with E-state index in [9.17, 15) is 9.59 Å². The average molecular weight is 324 g/mol. The summed E-state index contributed by atoms with van der Waals surface area (Å²) in [4.78, 5) is 26.5. The lowest BCUT2D eigenvalue weighted by atomic mass is 9.94. The summed E-state index contributed by atoms with van der Waals surface area (Å²) in [7, 11) is 0. The number of likely N-dealkylation sites (tertiary alicyclic amines) is 1. The van der Waals surface area contributed by atoms with Gasteiger partial charge in [-0.15, -0.1) is 0 Å². The largest absolute Gasteiger partial charge is 0.336 e. The highest BCUT2D eigenvalue weighted by atomic mass is 16.2. The standard InChI is InChI=1S/C20H24N2O2/c1-16-8-10-17(11-9-16)18-6-2-5-14-22(18)20(24)12-15-21-13-4-3-7-19(21)23/h3-4,7-11,13,18H,2,5-6,12,14-15H2,1H3. The van der Waals surface area contributed by atoms with Gasteiger partial charge in [0.25, 0.3) is 5.56 Å². The average Bonchev–Trinajstić information content (AvgIpc) is 2.61. The van der Waals surface area contributed by atoms with E-state index in [-0.39, 0.29) is 17.5 Å². The van der Waals surface area contributed by atoms with E-state index in [0.717, 1.165) is 25.8 Å². The van der Waals surface area contributed by atoms with Crippen LogP contribution in [-0.2, 0) is 11.3 Å². The van der Waals surface area contributed by atoms with Gasteiger partial charge >= 0.3 is 0 Å². The zero-order valence-corrected chi connectivity index (χ0v) is 14.1. The quantitative estimate of drug-likeness (QED) is 0.866. The number of carbonyl (C=O) groups excluding carboxylic acids is 1. The molecule has 3 rings (SSSR count). The summed E-state index contributed by atoms with van der Waals surface area (Å²) >= 11 is 0. The predicted molar refractivity (Wildman–Crippen MR) is 94.8 cm³/mol. The topological polar surface area (TPSA) is 42.3 Å². The normalized spacial score (nSPS) is 17.7. The fourth-order valence-corrected chi connectivity index (χ4v) is 3.37. The van der Waals surface area contributed by atoms with Gasteiger partial charge in [0, 0.05) is 31.8 Å². The van der Waals surface area contributed by atoms with Crippen LogP contribution in [0.3, 0.4) is 0 Å². The van der Waals surface area contributed by atoms with Crippen molar-refractivity contribution < 1.29 is 4.79 Å². The van der Waals surface area contributed by atoms with E-state index in [0.29, 0.717) is 13.0 Å². The number of rotatable bonds is 4. The molecule has 0 saturated carbocycles. The number of pyridine rings is 1. The highest BCUT2D eigenvalue weighted by molar-refractivity contribution is 5.76. The fraction of sp³-hybridized carbons (Fsp3) is 0.400. The third-order valence-corrected chi connectivity index (χ3v) is 4.75. The van der Waals surface area contributed by atoms with Crippen molar-refractivity contribution in [2.45, 2.75) is 45.2 Å². The van der Waals surface area contributed by atoms with E-state index in [1.165, 1.54) is 17.2 Å². The number of nitrogens with zero attached hydrogens (tertiary/aromatic N) is 2. The maximum absolute atomic E-state index is 12.7. The molecule has 2 aromatic rings. The van der Waals surface area contributed by atoms with Gasteiger partial charge in [0.1, 0.15) is 0 Å². The summed E-state index contributed by atoms with van der Waals surface area (Å²) in [5.74, 6) is 0.135. The molecule has 1 atom stereocenters. The molecule has 1 amide bonds. The van der Waals surface area contributed by atoms with Crippen molar-refractivity contribution >= 4 is 5.91 Å². The van der Waals surface area contributed by atoms with E-state index < -0.39 is 0 Å². The Morgan fingerprint density at radius 3 is 2.67 bits per heavy atom. The van der Waals surface area contributed by atoms with Gasteiger partial charge in [-0.25, -0.2) is 0 Å². The molecule has 126 valence electrons. The smallest absolute Gasteiger partial charge is 0.250 e. The first-order valence-corrected chi connectivity index (χ1v) is 8.66. The molecule has 0 aliphatic carbocycles. The lowest BCUT2D eigenvalue weighted by Gasteiger charge is -2.36. The van der Waals surface area contributed by atoms with E-state index in [2.05, 4.69) is 31.2 Å². The Morgan fingerprint density at radius 1 is 1.12 bits per heavy atom. The second kappa shape index (κ2) is 7.47. The minimum Gasteiger partial charge on any atom is -0.336 e. The van der Waals surface area contributed by atoms with Crippen molar-refractivity contribution in [3.05, 3.63) is 70.1 Å². The minimum atomic E-state index is -0.0565. The van der Waals surface area contributed by atoms with Gasteiger partial charge < -0.3 is 9.47 Å². The number of hydrogen-bond acceptors (Lipinski definition) is 2. The molecule has 0 spiro atoms. The molecule has 1 fully saturated rings. The maximum atomic E-state index is 12.7. The Balaban J connectivity index is 1.70. The van der Waals surface area contributed by atoms with Crippen LogP contribution in [0.2, 0.25) is 0 Å². The van der Waals surface area contributed by atoms with Crippen molar-refractivity contribution in [1.29, 1.82) is 0 Å². The molecule has 24 heavy (non-hydrogen) atoms. The van der Waals surface area contributed by atoms with Crippen LogP contribution in [0.1, 0.15) is 42.9 Å². The number of amides is 1. The first-order valence-electron chi connectivity index (χ1n) is 8.66. The summed E-state index contributed by atoms with van der Waals surface area (Å²) in [6, 6.07) is 13.7. The van der Waals surface area contributed by atoms with Crippen LogP contribution in [0, 0.1) is 6.92 Å². The fourth-order valence-electron chi connectivity index (χ4n) is 3.37. The molecule has 0 N–H and O–H groups in total. The lowest BCUT2D eigenvalue weighted by molar-refractivity contribution is -0.135. The number of benzene rings is 1. The van der Waals surface area contributed by atoms with Crippen LogP contribution in [0.15, 0.2) is 53.5 Å². The highest BCUT2D eigenvalue weighted by Gasteiger charge is 2.27. The molecular formula is C20H24N2O2. The zero-order chi connectivity index (χ0) is 16.9. The summed E-state index contributed by atoms with van der Waals surface area (Å²) in [6.07, 6.45) is 5.33. The molecule has 1 aromatic heterocycles. The van der Waals surface area contributed by atoms with Gasteiger partial charge in [-0.05, 0) is 37.8 Å². The molecular weight excluding hydrogens is 300 g/mol. The number of aromatic nitrogens is 1. The summed E-state index contributed by atoms with van der Waals surface area (Å²) in [5, 5.41) is 0. The molecule has 0 radical (unpaired) electrons. The number of hydrogen-bond donors (Lipinski definition) is 0. The van der Waals surface area contributed by atoms with Gasteiger partial charge in [-0.3, -0.25) is 9.59 Å². The SMILES string of the molecule is Cc1ccc(C2CCCCN2C(=O)CCn2ccccc2=O)cc1. The van der Waals surface area contributed by atoms with Gasteiger partial charge in [0.05, 0.1) is 6.04 Å². The first kappa shape index (κ1) is 16.5. The Morgan fingerprint density at radius 2 is 1.92 bits per heavy atom. The van der Waals surface area contributed by atoms with Gasteiger partial charge in [-0.2, -0.15) is 0 Å². The number of carbonyl (C=O) groups is 1. The molecule has 4 heteroatoms. The third kappa shape index (κ3) is 3.75. The van der Waals surface area contributed by atoms with E-state index >= 15 is 0 Å². The minimum absolute atomic E-state index is 0.0565. The predicted octanol–water partition coefficient (Wildman–Crippen LogP) is 3.30. The van der Waals surface area contributed by atoms with Crippen molar-refractivity contribution in [2.75, 3.05) is 6.54 Å². The Kier molecular flexibility index (Phi) is 5.14. The Hall–Kier alpha value is -2.36. The summed E-state index contributed by atoms with van der Waals surface area (Å²) in [5.41, 5.74) is 2.39. The van der Waals surface area contributed by atoms with E-state index in [1.807, 2.05) is 11.0 Å². The van der Waals surface area contributed by atoms with Crippen LogP contribution < -0.4 is 5.56 Å². The zero-order valence-electron chi connectivity index (χ0n) is 14.1. The van der Waals surface area contributed by atoms with Gasteiger partial charge in [0.15, 0.2) is 0 Å². The van der Waals surface area contributed by atoms with Crippen LogP contribution in [0.25, 0.3) is 0 Å². The molecule has 1 aliphatic rings. The molecule has 1 aliphatic heterocycles. The van der Waals surface area contributed by atoms with E-state index in [1.54, 1.807) is 16.8 Å². The van der Waals surface area contributed by atoms with Crippen molar-refractivity contribution in [3.8, 4) is 0 Å². The second-order valence-corrected chi connectivity index (χ2v) is 6.49. The van der Waals surface area contributed by atoms with Crippen LogP contribution >= 0.6 is 0 Å². The summed E-state index contributed by atoms with van der Waals surface area (Å²) in [6.45, 7) is 3.32. The van der Waals surface area contributed by atoms with Crippen molar-refractivity contribution in [1.82, 2.24) is 9.47 Å². The second-order valence-electron chi connectivity index (χ2n) is 6.49. The number of piperidine rings is 1. The van der Waals surface area contributed by atoms with Crippen LogP contribution in [-0.4, -0.2) is 21.9 Å². The third-order valence-electron chi connectivity index (χ3n) is 4.75. The Labute approximate surface area is 142 Å². The highest BCUT2D eigenvalue weighted by Crippen LogP contribution is 2.31. The van der Waals surface area contributed by atoms with Crippen LogP contribution in [0.4, 0.5) is 0 Å². The lowest BCUT2D eigenvalue weighted by Crippen LogP contribution is -2.39. The molecule has 1 aromatic carbocycles. The number of aryl methyl sites for hydroxylation is 2. The van der Waals surface area contributed by atoms with E-state index in [4.69, 9.17) is 0 Å². The molecule has 0 bridgehead atoms. The maximum Gasteiger partial charge on any atom is 0.250 e.